The van der Waals surface area contributed by atoms with Gasteiger partial charge in [-0.15, -0.1) is 0 Å². The van der Waals surface area contributed by atoms with E-state index in [0.717, 1.165) is 5.56 Å². The number of benzene rings is 3. The van der Waals surface area contributed by atoms with E-state index in [1.165, 1.54) is 23.0 Å². The second-order valence-electron chi connectivity index (χ2n) is 9.83. The summed E-state index contributed by atoms with van der Waals surface area (Å²) < 4.78 is 30.6. The number of allylic oxidation sites excluding steroid dienone is 1. The fraction of sp³-hybridized carbons (Fsp3) is 0.242. The molecule has 0 saturated heterocycles. The van der Waals surface area contributed by atoms with Gasteiger partial charge >= 0.3 is 5.97 Å². The van der Waals surface area contributed by atoms with Crippen molar-refractivity contribution >= 4 is 50.9 Å². The third kappa shape index (κ3) is 6.51. The minimum absolute atomic E-state index is 0.174. The average molecular weight is 714 g/mol. The molecular formula is C33H30BrClN2O7S. The van der Waals surface area contributed by atoms with Crippen molar-refractivity contribution in [3.63, 3.8) is 0 Å². The number of carbonyl (C=O) groups is 1. The first-order chi connectivity index (χ1) is 21.7. The van der Waals surface area contributed by atoms with Crippen molar-refractivity contribution in [1.82, 2.24) is 4.57 Å². The Labute approximate surface area is 277 Å². The topological polar surface area (TPSA) is 97.6 Å². The van der Waals surface area contributed by atoms with Crippen LogP contribution in [0.4, 0.5) is 0 Å². The van der Waals surface area contributed by atoms with Crippen LogP contribution in [0.2, 0.25) is 5.02 Å². The van der Waals surface area contributed by atoms with Gasteiger partial charge < -0.3 is 23.7 Å². The van der Waals surface area contributed by atoms with Crippen LogP contribution in [0.25, 0.3) is 6.08 Å². The van der Waals surface area contributed by atoms with Crippen molar-refractivity contribution in [3.8, 4) is 23.0 Å². The largest absolute Gasteiger partial charge is 0.493 e. The first kappa shape index (κ1) is 32.3. The maximum atomic E-state index is 14.1. The predicted molar refractivity (Wildman–Crippen MR) is 176 cm³/mol. The molecule has 0 spiro atoms. The smallest absolute Gasteiger partial charge is 0.338 e. The number of carbonyl (C=O) groups excluding carboxylic acids is 1. The SMILES string of the molecule is CCOC(=O)C1=C(C)N=c2s/c(=C/c3cc(Br)c(OCc4ccccc4Cl)c(OC)c3)c(=O)n2[C@H]1c1ccc(OC)c(OC)c1. The van der Waals surface area contributed by atoms with Crippen molar-refractivity contribution in [3.05, 3.63) is 112 Å². The van der Waals surface area contributed by atoms with Crippen LogP contribution in [-0.4, -0.2) is 38.5 Å². The van der Waals surface area contributed by atoms with Gasteiger partial charge in [-0.2, -0.15) is 0 Å². The summed E-state index contributed by atoms with van der Waals surface area (Å²) in [7, 11) is 4.62. The molecule has 3 aromatic carbocycles. The van der Waals surface area contributed by atoms with Crippen molar-refractivity contribution in [1.29, 1.82) is 0 Å². The summed E-state index contributed by atoms with van der Waals surface area (Å²) in [5, 5.41) is 0.604. The fourth-order valence-electron chi connectivity index (χ4n) is 5.01. The van der Waals surface area contributed by atoms with Gasteiger partial charge in [-0.05, 0) is 77.3 Å². The molecule has 0 unspecified atom stereocenters. The van der Waals surface area contributed by atoms with Crippen LogP contribution < -0.4 is 33.8 Å². The molecular weight excluding hydrogens is 684 g/mol. The van der Waals surface area contributed by atoms with E-state index in [4.69, 9.17) is 35.3 Å². The van der Waals surface area contributed by atoms with Crippen LogP contribution >= 0.6 is 38.9 Å². The summed E-state index contributed by atoms with van der Waals surface area (Å²) in [5.41, 5.74) is 2.58. The van der Waals surface area contributed by atoms with Crippen molar-refractivity contribution in [2.75, 3.05) is 27.9 Å². The number of methoxy groups -OCH3 is 3. The zero-order chi connectivity index (χ0) is 32.2. The lowest BCUT2D eigenvalue weighted by molar-refractivity contribution is -0.139. The number of aromatic nitrogens is 1. The number of rotatable bonds is 10. The Bertz CT molecular complexity index is 1990. The van der Waals surface area contributed by atoms with Gasteiger partial charge in [-0.25, -0.2) is 9.79 Å². The van der Waals surface area contributed by atoms with Crippen LogP contribution in [-0.2, 0) is 16.1 Å². The highest BCUT2D eigenvalue weighted by Gasteiger charge is 2.34. The van der Waals surface area contributed by atoms with Crippen molar-refractivity contribution in [2.24, 2.45) is 4.99 Å². The van der Waals surface area contributed by atoms with E-state index in [9.17, 15) is 9.59 Å². The third-order valence-corrected chi connectivity index (χ3v) is 9.06. The molecule has 0 aliphatic carbocycles. The van der Waals surface area contributed by atoms with Gasteiger partial charge in [0.1, 0.15) is 6.61 Å². The Morgan fingerprint density at radius 3 is 2.47 bits per heavy atom. The summed E-state index contributed by atoms with van der Waals surface area (Å²) in [6.07, 6.45) is 1.75. The van der Waals surface area contributed by atoms with Gasteiger partial charge in [-0.3, -0.25) is 9.36 Å². The molecule has 0 saturated carbocycles. The van der Waals surface area contributed by atoms with E-state index in [1.807, 2.05) is 24.3 Å². The molecule has 9 nitrogen and oxygen atoms in total. The Kier molecular flexibility index (Phi) is 10.0. The van der Waals surface area contributed by atoms with Crippen LogP contribution in [0.5, 0.6) is 23.0 Å². The van der Waals surface area contributed by atoms with Gasteiger partial charge in [0.15, 0.2) is 27.8 Å². The first-order valence-electron chi connectivity index (χ1n) is 13.9. The maximum Gasteiger partial charge on any atom is 0.338 e. The second kappa shape index (κ2) is 13.9. The van der Waals surface area contributed by atoms with Crippen molar-refractivity contribution in [2.45, 2.75) is 26.5 Å². The molecule has 45 heavy (non-hydrogen) atoms. The minimum Gasteiger partial charge on any atom is -0.493 e. The summed E-state index contributed by atoms with van der Waals surface area (Å²) >= 11 is 11.1. The summed E-state index contributed by atoms with van der Waals surface area (Å²) in [6, 6.07) is 15.5. The zero-order valence-electron chi connectivity index (χ0n) is 25.2. The van der Waals surface area contributed by atoms with E-state index in [-0.39, 0.29) is 24.3 Å². The number of nitrogens with zero attached hydrogens (tertiary/aromatic N) is 2. The monoisotopic (exact) mass is 712 g/mol. The molecule has 2 heterocycles. The van der Waals surface area contributed by atoms with Gasteiger partial charge in [0.05, 0.1) is 54.3 Å². The average Bonchev–Trinajstić information content (AvgIpc) is 3.33. The van der Waals surface area contributed by atoms with Crippen molar-refractivity contribution < 1.29 is 28.5 Å². The lowest BCUT2D eigenvalue weighted by Crippen LogP contribution is -2.40. The Morgan fingerprint density at radius 1 is 1.04 bits per heavy atom. The molecule has 1 aliphatic rings. The molecule has 4 aromatic rings. The standard InChI is InChI=1S/C33H30BrClN2O7S/c1-6-43-32(39)28-18(2)36-33-37(29(28)20-11-12-24(40-3)25(16-20)41-4)31(38)27(45-33)15-19-13-22(34)30(26(14-19)42-5)44-17-21-9-7-8-10-23(21)35/h7-16,29H,6,17H2,1-5H3/b27-15+/t29-/m0/s1. The molecule has 1 aliphatic heterocycles. The normalized spacial score (nSPS) is 14.5. The summed E-state index contributed by atoms with van der Waals surface area (Å²) in [6.45, 7) is 3.88. The van der Waals surface area contributed by atoms with Crippen LogP contribution in [0.1, 0.15) is 36.6 Å². The number of ether oxygens (including phenoxy) is 5. The van der Waals surface area contributed by atoms with E-state index >= 15 is 0 Å². The van der Waals surface area contributed by atoms with Gasteiger partial charge in [0.2, 0.25) is 0 Å². The minimum atomic E-state index is -0.802. The Morgan fingerprint density at radius 2 is 1.78 bits per heavy atom. The molecule has 1 aromatic heterocycles. The molecule has 234 valence electrons. The maximum absolute atomic E-state index is 14.1. The third-order valence-electron chi connectivity index (χ3n) is 7.12. The molecule has 5 rings (SSSR count). The first-order valence-corrected chi connectivity index (χ1v) is 15.8. The fourth-order valence-corrected chi connectivity index (χ4v) is 6.82. The molecule has 12 heteroatoms. The number of esters is 1. The zero-order valence-corrected chi connectivity index (χ0v) is 28.3. The molecule has 0 fully saturated rings. The highest BCUT2D eigenvalue weighted by molar-refractivity contribution is 9.10. The quantitative estimate of drug-likeness (QED) is 0.191. The highest BCUT2D eigenvalue weighted by Crippen LogP contribution is 2.38. The van der Waals surface area contributed by atoms with Gasteiger partial charge in [0, 0.05) is 10.6 Å². The number of hydrogen-bond acceptors (Lipinski definition) is 9. The van der Waals surface area contributed by atoms with Gasteiger partial charge in [0.25, 0.3) is 5.56 Å². The summed E-state index contributed by atoms with van der Waals surface area (Å²) in [5.74, 6) is 1.40. The number of halogens is 2. The van der Waals surface area contributed by atoms with Crippen LogP contribution in [0, 0.1) is 0 Å². The van der Waals surface area contributed by atoms with E-state index in [1.54, 1.807) is 64.5 Å². The highest BCUT2D eigenvalue weighted by atomic mass is 79.9. The molecule has 0 N–H and O–H groups in total. The summed E-state index contributed by atoms with van der Waals surface area (Å²) in [4.78, 5) is 32.4. The molecule has 0 bridgehead atoms. The molecule has 0 amide bonds. The van der Waals surface area contributed by atoms with E-state index < -0.39 is 12.0 Å². The Balaban J connectivity index is 1.60. The van der Waals surface area contributed by atoms with E-state index in [2.05, 4.69) is 20.9 Å². The van der Waals surface area contributed by atoms with E-state index in [0.29, 0.717) is 58.7 Å². The lowest BCUT2D eigenvalue weighted by atomic mass is 9.95. The van der Waals surface area contributed by atoms with Crippen LogP contribution in [0.3, 0.4) is 0 Å². The lowest BCUT2D eigenvalue weighted by Gasteiger charge is -2.25. The molecule has 1 atom stereocenters. The number of hydrogen-bond donors (Lipinski definition) is 0. The number of thiazole rings is 1. The number of fused-ring (bicyclic) bond motifs is 1. The van der Waals surface area contributed by atoms with Crippen LogP contribution in [0.15, 0.2) is 80.1 Å². The predicted octanol–water partition coefficient (Wildman–Crippen LogP) is 5.82. The second-order valence-corrected chi connectivity index (χ2v) is 12.1. The Hall–Kier alpha value is -4.06. The van der Waals surface area contributed by atoms with Gasteiger partial charge in [-0.1, -0.05) is 47.2 Å². The molecule has 0 radical (unpaired) electrons.